The van der Waals surface area contributed by atoms with E-state index in [4.69, 9.17) is 14.2 Å². The Morgan fingerprint density at radius 2 is 1.38 bits per heavy atom. The molecule has 32 heavy (non-hydrogen) atoms. The van der Waals surface area contributed by atoms with Crippen LogP contribution < -0.4 is 19.5 Å². The molecule has 3 aromatic rings. The van der Waals surface area contributed by atoms with Crippen molar-refractivity contribution in [1.82, 2.24) is 4.90 Å². The number of aliphatic hydroxyl groups is 2. The van der Waals surface area contributed by atoms with Gasteiger partial charge in [0, 0.05) is 49.2 Å². The quantitative estimate of drug-likeness (QED) is 0.394. The molecule has 0 atom stereocenters. The molecule has 170 valence electrons. The fraction of sp³-hybridized carbons (Fsp3) is 0.280. The number of rotatable bonds is 12. The second-order valence-electron chi connectivity index (χ2n) is 7.15. The number of benzene rings is 3. The molecular formula is C25H30N2O5. The molecule has 0 unspecified atom stereocenters. The van der Waals surface area contributed by atoms with Crippen LogP contribution in [0.3, 0.4) is 0 Å². The van der Waals surface area contributed by atoms with Crippen molar-refractivity contribution in [2.24, 2.45) is 0 Å². The topological polar surface area (TPSA) is 83.4 Å². The lowest BCUT2D eigenvalue weighted by molar-refractivity contribution is 0.153. The molecule has 0 aliphatic rings. The fourth-order valence-corrected chi connectivity index (χ4v) is 3.41. The van der Waals surface area contributed by atoms with Gasteiger partial charge in [0.05, 0.1) is 33.0 Å². The molecule has 0 heterocycles. The van der Waals surface area contributed by atoms with Crippen LogP contribution in [0.1, 0.15) is 5.56 Å². The molecule has 3 N–H and O–H groups in total. The van der Waals surface area contributed by atoms with Gasteiger partial charge in [-0.1, -0.05) is 24.3 Å². The van der Waals surface area contributed by atoms with Crippen LogP contribution in [-0.4, -0.2) is 55.6 Å². The molecule has 0 spiro atoms. The Bertz CT molecular complexity index is 950. The van der Waals surface area contributed by atoms with Crippen LogP contribution in [0.4, 0.5) is 11.4 Å². The van der Waals surface area contributed by atoms with E-state index < -0.39 is 0 Å². The number of anilines is 2. The molecule has 0 radical (unpaired) electrons. The van der Waals surface area contributed by atoms with Gasteiger partial charge in [0.2, 0.25) is 0 Å². The van der Waals surface area contributed by atoms with Crippen molar-refractivity contribution in [3.8, 4) is 23.0 Å². The monoisotopic (exact) mass is 438 g/mol. The third kappa shape index (κ3) is 6.37. The van der Waals surface area contributed by atoms with Gasteiger partial charge >= 0.3 is 0 Å². The average molecular weight is 439 g/mol. The van der Waals surface area contributed by atoms with Gasteiger partial charge in [0.15, 0.2) is 0 Å². The number of para-hydroxylation sites is 1. The predicted molar refractivity (Wildman–Crippen MR) is 125 cm³/mol. The highest BCUT2D eigenvalue weighted by Crippen LogP contribution is 2.37. The summed E-state index contributed by atoms with van der Waals surface area (Å²) in [5.74, 6) is 2.47. The molecule has 0 amide bonds. The van der Waals surface area contributed by atoms with Gasteiger partial charge in [-0.05, 0) is 24.3 Å². The standard InChI is InChI=1S/C25H30N2O5/c1-30-24-16-22(17-25(31-2)23(24)18-27(11-13-28)12-14-29)32-21-10-6-9-20(15-21)26-19-7-4-3-5-8-19/h3-10,15-17,26,28-29H,11-14,18H2,1-2H3. The molecule has 0 saturated heterocycles. The van der Waals surface area contributed by atoms with Gasteiger partial charge in [0.1, 0.15) is 23.0 Å². The molecule has 3 rings (SSSR count). The van der Waals surface area contributed by atoms with Crippen molar-refractivity contribution >= 4 is 11.4 Å². The third-order valence-corrected chi connectivity index (χ3v) is 4.93. The normalized spacial score (nSPS) is 10.8. The number of hydrogen-bond donors (Lipinski definition) is 3. The second-order valence-corrected chi connectivity index (χ2v) is 7.15. The van der Waals surface area contributed by atoms with Gasteiger partial charge < -0.3 is 29.7 Å². The van der Waals surface area contributed by atoms with E-state index in [1.54, 1.807) is 14.2 Å². The Balaban J connectivity index is 1.82. The summed E-state index contributed by atoms with van der Waals surface area (Å²) in [5.41, 5.74) is 2.73. The molecular weight excluding hydrogens is 408 g/mol. The van der Waals surface area contributed by atoms with Gasteiger partial charge in [-0.25, -0.2) is 0 Å². The summed E-state index contributed by atoms with van der Waals surface area (Å²) < 4.78 is 17.3. The Kier molecular flexibility index (Phi) is 8.74. The Morgan fingerprint density at radius 1 is 0.750 bits per heavy atom. The number of nitrogens with zero attached hydrogens (tertiary/aromatic N) is 1. The maximum Gasteiger partial charge on any atom is 0.134 e. The Hall–Kier alpha value is -3.26. The minimum atomic E-state index is -0.000810. The highest BCUT2D eigenvalue weighted by atomic mass is 16.5. The first-order chi connectivity index (χ1) is 15.7. The second kappa shape index (κ2) is 12.0. The van der Waals surface area contributed by atoms with Crippen LogP contribution in [0.15, 0.2) is 66.7 Å². The molecule has 7 heteroatoms. The molecule has 0 aliphatic carbocycles. The van der Waals surface area contributed by atoms with Crippen molar-refractivity contribution in [2.45, 2.75) is 6.54 Å². The Morgan fingerprint density at radius 3 is 1.97 bits per heavy atom. The number of hydrogen-bond acceptors (Lipinski definition) is 7. The highest BCUT2D eigenvalue weighted by molar-refractivity contribution is 5.61. The van der Waals surface area contributed by atoms with Gasteiger partial charge in [-0.3, -0.25) is 4.90 Å². The van der Waals surface area contributed by atoms with Gasteiger partial charge in [-0.15, -0.1) is 0 Å². The van der Waals surface area contributed by atoms with E-state index >= 15 is 0 Å². The van der Waals surface area contributed by atoms with E-state index in [1.165, 1.54) is 0 Å². The maximum atomic E-state index is 9.31. The predicted octanol–water partition coefficient (Wildman–Crippen LogP) is 4.03. The summed E-state index contributed by atoms with van der Waals surface area (Å²) >= 11 is 0. The van der Waals surface area contributed by atoms with Crippen LogP contribution in [-0.2, 0) is 6.54 Å². The minimum Gasteiger partial charge on any atom is -0.496 e. The first kappa shape index (κ1) is 23.4. The summed E-state index contributed by atoms with van der Waals surface area (Å²) in [4.78, 5) is 1.93. The van der Waals surface area contributed by atoms with Crippen LogP contribution in [0.2, 0.25) is 0 Å². The SMILES string of the molecule is COc1cc(Oc2cccc(Nc3ccccc3)c2)cc(OC)c1CN(CCO)CCO. The van der Waals surface area contributed by atoms with E-state index in [-0.39, 0.29) is 13.2 Å². The third-order valence-electron chi connectivity index (χ3n) is 4.93. The molecule has 0 fully saturated rings. The van der Waals surface area contributed by atoms with Crippen LogP contribution in [0.25, 0.3) is 0 Å². The number of aliphatic hydroxyl groups excluding tert-OH is 2. The summed E-state index contributed by atoms with van der Waals surface area (Å²) in [5, 5.41) is 22.0. The maximum absolute atomic E-state index is 9.31. The van der Waals surface area contributed by atoms with E-state index in [0.29, 0.717) is 42.6 Å². The lowest BCUT2D eigenvalue weighted by Crippen LogP contribution is -2.29. The largest absolute Gasteiger partial charge is 0.496 e. The van der Waals surface area contributed by atoms with Crippen LogP contribution in [0.5, 0.6) is 23.0 Å². The van der Waals surface area contributed by atoms with Gasteiger partial charge in [0.25, 0.3) is 0 Å². The molecule has 0 aromatic heterocycles. The van der Waals surface area contributed by atoms with Crippen LogP contribution >= 0.6 is 0 Å². The molecule has 0 aliphatic heterocycles. The number of ether oxygens (including phenoxy) is 3. The van der Waals surface area contributed by atoms with Crippen molar-refractivity contribution in [3.63, 3.8) is 0 Å². The van der Waals surface area contributed by atoms with E-state index in [2.05, 4.69) is 5.32 Å². The molecule has 3 aromatic carbocycles. The smallest absolute Gasteiger partial charge is 0.134 e. The first-order valence-electron chi connectivity index (χ1n) is 10.5. The van der Waals surface area contributed by atoms with Crippen molar-refractivity contribution in [1.29, 1.82) is 0 Å². The fourth-order valence-electron chi connectivity index (χ4n) is 3.41. The molecule has 0 bridgehead atoms. The van der Waals surface area contributed by atoms with Gasteiger partial charge in [-0.2, -0.15) is 0 Å². The van der Waals surface area contributed by atoms with Crippen molar-refractivity contribution in [2.75, 3.05) is 45.8 Å². The Labute approximate surface area is 188 Å². The lowest BCUT2D eigenvalue weighted by Gasteiger charge is -2.23. The summed E-state index contributed by atoms with van der Waals surface area (Å²) in [6, 6.07) is 21.2. The summed E-state index contributed by atoms with van der Waals surface area (Å²) in [6.45, 7) is 1.33. The lowest BCUT2D eigenvalue weighted by atomic mass is 10.1. The highest BCUT2D eigenvalue weighted by Gasteiger charge is 2.17. The minimum absolute atomic E-state index is 0.000810. The first-order valence-corrected chi connectivity index (χ1v) is 10.5. The van der Waals surface area contributed by atoms with Crippen LogP contribution in [0, 0.1) is 0 Å². The number of methoxy groups -OCH3 is 2. The van der Waals surface area contributed by atoms with E-state index in [1.807, 2.05) is 71.6 Å². The van der Waals surface area contributed by atoms with Crippen molar-refractivity contribution < 1.29 is 24.4 Å². The average Bonchev–Trinajstić information content (AvgIpc) is 2.81. The summed E-state index contributed by atoms with van der Waals surface area (Å²) in [6.07, 6.45) is 0. The van der Waals surface area contributed by atoms with E-state index in [0.717, 1.165) is 16.9 Å². The van der Waals surface area contributed by atoms with E-state index in [9.17, 15) is 10.2 Å². The van der Waals surface area contributed by atoms with Crippen molar-refractivity contribution in [3.05, 3.63) is 72.3 Å². The zero-order valence-electron chi connectivity index (χ0n) is 18.5. The summed E-state index contributed by atoms with van der Waals surface area (Å²) in [7, 11) is 3.18. The molecule has 7 nitrogen and oxygen atoms in total. The number of nitrogens with one attached hydrogen (secondary N) is 1. The zero-order valence-corrected chi connectivity index (χ0v) is 18.5. The molecule has 0 saturated carbocycles. The zero-order chi connectivity index (χ0) is 22.8.